The minimum atomic E-state index is 0.195. The molecular formula is C14H21NO3. The lowest BCUT2D eigenvalue weighted by molar-refractivity contribution is 0.127. The van der Waals surface area contributed by atoms with Gasteiger partial charge in [-0.15, -0.1) is 0 Å². The molecule has 0 spiro atoms. The first-order valence-corrected chi connectivity index (χ1v) is 6.42. The summed E-state index contributed by atoms with van der Waals surface area (Å²) >= 11 is 0. The Bertz CT molecular complexity index is 387. The molecule has 18 heavy (non-hydrogen) atoms. The summed E-state index contributed by atoms with van der Waals surface area (Å²) in [7, 11) is 1.55. The molecule has 4 nitrogen and oxygen atoms in total. The van der Waals surface area contributed by atoms with E-state index in [0.29, 0.717) is 18.3 Å². The molecule has 1 aromatic rings. The van der Waals surface area contributed by atoms with Gasteiger partial charge in [-0.3, -0.25) is 4.90 Å². The van der Waals surface area contributed by atoms with Gasteiger partial charge in [0.2, 0.25) is 0 Å². The number of hydrogen-bond acceptors (Lipinski definition) is 4. The molecule has 2 rings (SSSR count). The molecule has 0 radical (unpaired) electrons. The van der Waals surface area contributed by atoms with Gasteiger partial charge in [-0.2, -0.15) is 0 Å². The van der Waals surface area contributed by atoms with E-state index in [4.69, 9.17) is 9.84 Å². The fourth-order valence-corrected chi connectivity index (χ4v) is 2.42. The van der Waals surface area contributed by atoms with Gasteiger partial charge in [0.05, 0.1) is 7.11 Å². The number of hydrogen-bond donors (Lipinski definition) is 2. The third-order valence-electron chi connectivity index (χ3n) is 3.61. The molecular weight excluding hydrogens is 230 g/mol. The zero-order chi connectivity index (χ0) is 13.0. The Morgan fingerprint density at radius 3 is 2.61 bits per heavy atom. The molecule has 1 fully saturated rings. The minimum absolute atomic E-state index is 0.195. The molecule has 0 saturated carbocycles. The van der Waals surface area contributed by atoms with Gasteiger partial charge in [0.25, 0.3) is 0 Å². The largest absolute Gasteiger partial charge is 0.504 e. The quantitative estimate of drug-likeness (QED) is 0.853. The number of phenols is 1. The van der Waals surface area contributed by atoms with Crippen molar-refractivity contribution in [2.75, 3.05) is 26.8 Å². The summed E-state index contributed by atoms with van der Waals surface area (Å²) in [5, 5.41) is 18.8. The Morgan fingerprint density at radius 2 is 2.06 bits per heavy atom. The number of rotatable bonds is 4. The highest BCUT2D eigenvalue weighted by atomic mass is 16.5. The molecule has 1 heterocycles. The Labute approximate surface area is 108 Å². The molecule has 4 heteroatoms. The highest BCUT2D eigenvalue weighted by molar-refractivity contribution is 5.41. The molecule has 0 aromatic heterocycles. The van der Waals surface area contributed by atoms with Crippen molar-refractivity contribution in [1.82, 2.24) is 4.90 Å². The zero-order valence-electron chi connectivity index (χ0n) is 10.8. The molecule has 0 unspecified atom stereocenters. The summed E-state index contributed by atoms with van der Waals surface area (Å²) in [6.07, 6.45) is 2.11. The second kappa shape index (κ2) is 6.07. The lowest BCUT2D eigenvalue weighted by atomic mass is 9.97. The maximum absolute atomic E-state index is 9.72. The van der Waals surface area contributed by atoms with Crippen LogP contribution in [0.1, 0.15) is 18.4 Å². The van der Waals surface area contributed by atoms with Gasteiger partial charge >= 0.3 is 0 Å². The number of nitrogens with zero attached hydrogens (tertiary/aromatic N) is 1. The van der Waals surface area contributed by atoms with Gasteiger partial charge in [-0.1, -0.05) is 6.07 Å². The molecule has 1 saturated heterocycles. The lowest BCUT2D eigenvalue weighted by Gasteiger charge is -2.31. The molecule has 0 atom stereocenters. The fraction of sp³-hybridized carbons (Fsp3) is 0.571. The van der Waals surface area contributed by atoms with Crippen LogP contribution in [0, 0.1) is 5.92 Å². The van der Waals surface area contributed by atoms with E-state index in [-0.39, 0.29) is 5.75 Å². The monoisotopic (exact) mass is 251 g/mol. The molecule has 2 N–H and O–H groups in total. The number of piperidine rings is 1. The molecule has 100 valence electrons. The van der Waals surface area contributed by atoms with Crippen molar-refractivity contribution < 1.29 is 14.9 Å². The van der Waals surface area contributed by atoms with Crippen LogP contribution in [0.3, 0.4) is 0 Å². The minimum Gasteiger partial charge on any atom is -0.504 e. The van der Waals surface area contributed by atoms with Gasteiger partial charge in [-0.05, 0) is 49.5 Å². The van der Waals surface area contributed by atoms with Gasteiger partial charge in [0.1, 0.15) is 0 Å². The summed E-state index contributed by atoms with van der Waals surface area (Å²) in [4.78, 5) is 2.35. The predicted molar refractivity (Wildman–Crippen MR) is 69.7 cm³/mol. The number of aliphatic hydroxyl groups is 1. The van der Waals surface area contributed by atoms with Crippen molar-refractivity contribution in [3.05, 3.63) is 23.8 Å². The van der Waals surface area contributed by atoms with Crippen molar-refractivity contribution in [3.8, 4) is 11.5 Å². The van der Waals surface area contributed by atoms with Crippen LogP contribution in [-0.2, 0) is 6.54 Å². The molecule has 0 aliphatic carbocycles. The third kappa shape index (κ3) is 3.15. The maximum atomic E-state index is 9.72. The molecule has 1 aliphatic heterocycles. The normalized spacial score (nSPS) is 17.9. The van der Waals surface area contributed by atoms with Crippen LogP contribution in [0.25, 0.3) is 0 Å². The number of methoxy groups -OCH3 is 1. The highest BCUT2D eigenvalue weighted by Gasteiger charge is 2.18. The highest BCUT2D eigenvalue weighted by Crippen LogP contribution is 2.27. The van der Waals surface area contributed by atoms with Crippen LogP contribution in [0.15, 0.2) is 18.2 Å². The molecule has 0 amide bonds. The van der Waals surface area contributed by atoms with E-state index in [0.717, 1.165) is 38.0 Å². The van der Waals surface area contributed by atoms with Crippen LogP contribution < -0.4 is 4.74 Å². The summed E-state index contributed by atoms with van der Waals surface area (Å²) in [6.45, 7) is 3.17. The van der Waals surface area contributed by atoms with Crippen molar-refractivity contribution >= 4 is 0 Å². The van der Waals surface area contributed by atoms with Crippen molar-refractivity contribution in [2.24, 2.45) is 5.92 Å². The second-order valence-corrected chi connectivity index (χ2v) is 4.91. The van der Waals surface area contributed by atoms with Crippen LogP contribution in [0.2, 0.25) is 0 Å². The van der Waals surface area contributed by atoms with Gasteiger partial charge in [-0.25, -0.2) is 0 Å². The number of aliphatic hydroxyl groups excluding tert-OH is 1. The fourth-order valence-electron chi connectivity index (χ4n) is 2.42. The van der Waals surface area contributed by atoms with Crippen LogP contribution >= 0.6 is 0 Å². The Hall–Kier alpha value is -1.26. The number of likely N-dealkylation sites (tertiary alicyclic amines) is 1. The SMILES string of the molecule is COc1ccc(CN2CCC(CO)CC2)cc1O. The summed E-state index contributed by atoms with van der Waals surface area (Å²) in [5.41, 5.74) is 1.09. The van der Waals surface area contributed by atoms with Crippen molar-refractivity contribution in [1.29, 1.82) is 0 Å². The first-order valence-electron chi connectivity index (χ1n) is 6.42. The molecule has 0 bridgehead atoms. The van der Waals surface area contributed by atoms with Crippen LogP contribution in [0.5, 0.6) is 11.5 Å². The predicted octanol–water partition coefficient (Wildman–Crippen LogP) is 1.61. The Morgan fingerprint density at radius 1 is 1.33 bits per heavy atom. The molecule has 1 aromatic carbocycles. The average Bonchev–Trinajstić information content (AvgIpc) is 2.40. The van der Waals surface area contributed by atoms with Gasteiger partial charge in [0.15, 0.2) is 11.5 Å². The van der Waals surface area contributed by atoms with Crippen molar-refractivity contribution in [2.45, 2.75) is 19.4 Å². The standard InChI is InChI=1S/C14H21NO3/c1-18-14-3-2-12(8-13(14)17)9-15-6-4-11(10-16)5-7-15/h2-3,8,11,16-17H,4-7,9-10H2,1H3. The van der Waals surface area contributed by atoms with Crippen LogP contribution in [-0.4, -0.2) is 41.9 Å². The van der Waals surface area contributed by atoms with E-state index in [9.17, 15) is 5.11 Å². The summed E-state index contributed by atoms with van der Waals surface area (Å²) in [5.74, 6) is 1.17. The lowest BCUT2D eigenvalue weighted by Crippen LogP contribution is -2.34. The van der Waals surface area contributed by atoms with E-state index in [1.807, 2.05) is 6.07 Å². The number of phenolic OH excluding ortho intramolecular Hbond substituents is 1. The zero-order valence-corrected chi connectivity index (χ0v) is 10.8. The third-order valence-corrected chi connectivity index (χ3v) is 3.61. The smallest absolute Gasteiger partial charge is 0.160 e. The van der Waals surface area contributed by atoms with Crippen LogP contribution in [0.4, 0.5) is 0 Å². The van der Waals surface area contributed by atoms with E-state index < -0.39 is 0 Å². The van der Waals surface area contributed by atoms with E-state index >= 15 is 0 Å². The Kier molecular flexibility index (Phi) is 4.44. The number of aromatic hydroxyl groups is 1. The summed E-state index contributed by atoms with van der Waals surface area (Å²) in [6, 6.07) is 5.54. The number of benzene rings is 1. The van der Waals surface area contributed by atoms with Gasteiger partial charge in [0, 0.05) is 13.2 Å². The average molecular weight is 251 g/mol. The first-order chi connectivity index (χ1) is 8.72. The maximum Gasteiger partial charge on any atom is 0.160 e. The topological polar surface area (TPSA) is 52.9 Å². The molecule has 1 aliphatic rings. The van der Waals surface area contributed by atoms with E-state index in [2.05, 4.69) is 4.90 Å². The second-order valence-electron chi connectivity index (χ2n) is 4.91. The summed E-state index contributed by atoms with van der Waals surface area (Å²) < 4.78 is 5.03. The van der Waals surface area contributed by atoms with E-state index in [1.54, 1.807) is 19.2 Å². The van der Waals surface area contributed by atoms with Crippen molar-refractivity contribution in [3.63, 3.8) is 0 Å². The van der Waals surface area contributed by atoms with Gasteiger partial charge < -0.3 is 14.9 Å². The first kappa shape index (κ1) is 13.2. The Balaban J connectivity index is 1.92. The number of ether oxygens (including phenoxy) is 1. The van der Waals surface area contributed by atoms with E-state index in [1.165, 1.54) is 0 Å².